The van der Waals surface area contributed by atoms with E-state index in [1.807, 2.05) is 0 Å². The summed E-state index contributed by atoms with van der Waals surface area (Å²) in [6.07, 6.45) is 0. The number of hydrogen-bond donors (Lipinski definition) is 0. The quantitative estimate of drug-likeness (QED) is 0.217. The number of benzene rings is 5. The molecule has 0 saturated carbocycles. The predicted molar refractivity (Wildman–Crippen MR) is 161 cm³/mol. The van der Waals surface area contributed by atoms with Crippen molar-refractivity contribution in [3.05, 3.63) is 114 Å². The van der Waals surface area contributed by atoms with Gasteiger partial charge in [0.05, 0.1) is 22.2 Å². The molecule has 2 aliphatic rings. The highest BCUT2D eigenvalue weighted by Gasteiger charge is 2.37. The van der Waals surface area contributed by atoms with Crippen molar-refractivity contribution in [2.75, 3.05) is 0 Å². The third-order valence-electron chi connectivity index (χ3n) is 8.62. The molecule has 0 atom stereocenters. The van der Waals surface area contributed by atoms with E-state index in [1.54, 1.807) is 11.8 Å². The Kier molecular flexibility index (Phi) is 4.06. The monoisotopic (exact) mass is 517 g/mol. The summed E-state index contributed by atoms with van der Waals surface area (Å²) in [5, 5.41) is 3.66. The van der Waals surface area contributed by atoms with Crippen molar-refractivity contribution in [2.45, 2.75) is 29.1 Å². The molecule has 0 spiro atoms. The first-order valence-corrected chi connectivity index (χ1v) is 14.2. The molecule has 0 unspecified atom stereocenters. The van der Waals surface area contributed by atoms with Gasteiger partial charge in [0, 0.05) is 36.9 Å². The molecule has 5 aromatic carbocycles. The first kappa shape index (κ1) is 21.5. The molecular weight excluding hydrogens is 494 g/mol. The molecule has 1 aliphatic carbocycles. The summed E-state index contributed by atoms with van der Waals surface area (Å²) in [4.78, 5) is 13.0. The van der Waals surface area contributed by atoms with Crippen molar-refractivity contribution in [2.24, 2.45) is 0 Å². The zero-order valence-corrected chi connectivity index (χ0v) is 22.4. The molecule has 0 amide bonds. The lowest BCUT2D eigenvalue weighted by molar-refractivity contribution is 0.661. The van der Waals surface area contributed by atoms with Crippen LogP contribution < -0.4 is 0 Å². The van der Waals surface area contributed by atoms with Gasteiger partial charge in [0.1, 0.15) is 0 Å². The zero-order chi connectivity index (χ0) is 25.9. The molecule has 3 nitrogen and oxygen atoms in total. The first-order chi connectivity index (χ1) is 19.1. The maximum absolute atomic E-state index is 5.32. The van der Waals surface area contributed by atoms with E-state index in [0.29, 0.717) is 5.95 Å². The largest absolute Gasteiger partial charge is 0.278 e. The molecule has 7 aromatic rings. The second-order valence-electron chi connectivity index (χ2n) is 11.0. The number of hydrogen-bond acceptors (Lipinski definition) is 3. The van der Waals surface area contributed by atoms with Crippen molar-refractivity contribution in [3.8, 4) is 28.3 Å². The van der Waals surface area contributed by atoms with Gasteiger partial charge in [-0.1, -0.05) is 98.4 Å². The van der Waals surface area contributed by atoms with E-state index in [4.69, 9.17) is 9.97 Å². The zero-order valence-electron chi connectivity index (χ0n) is 21.6. The maximum atomic E-state index is 5.32. The Balaban J connectivity index is 1.43. The van der Waals surface area contributed by atoms with Crippen LogP contribution in [0, 0.1) is 0 Å². The minimum atomic E-state index is -0.0509. The summed E-state index contributed by atoms with van der Waals surface area (Å²) in [6, 6.07) is 37.2. The van der Waals surface area contributed by atoms with E-state index < -0.39 is 0 Å². The molecule has 184 valence electrons. The molecule has 9 rings (SSSR count). The Morgan fingerprint density at radius 2 is 1.38 bits per heavy atom. The first-order valence-electron chi connectivity index (χ1n) is 13.4. The van der Waals surface area contributed by atoms with E-state index in [-0.39, 0.29) is 5.41 Å². The van der Waals surface area contributed by atoms with Crippen LogP contribution in [0.3, 0.4) is 0 Å². The molecule has 4 heteroatoms. The Bertz CT molecular complexity index is 2190. The normalized spacial score (nSPS) is 14.5. The Morgan fingerprint density at radius 1 is 0.615 bits per heavy atom. The molecule has 0 N–H and O–H groups in total. The summed E-state index contributed by atoms with van der Waals surface area (Å²) in [7, 11) is 0. The lowest BCUT2D eigenvalue weighted by Crippen LogP contribution is -2.14. The van der Waals surface area contributed by atoms with Crippen LogP contribution in [-0.4, -0.2) is 14.5 Å². The van der Waals surface area contributed by atoms with Gasteiger partial charge in [-0.25, -0.2) is 9.97 Å². The molecule has 1 aliphatic heterocycles. The van der Waals surface area contributed by atoms with Crippen molar-refractivity contribution < 1.29 is 0 Å². The average molecular weight is 518 g/mol. The summed E-state index contributed by atoms with van der Waals surface area (Å²) in [5.74, 6) is 0.716. The van der Waals surface area contributed by atoms with E-state index in [0.717, 1.165) is 27.6 Å². The van der Waals surface area contributed by atoms with Crippen LogP contribution in [0.4, 0.5) is 0 Å². The van der Waals surface area contributed by atoms with Gasteiger partial charge in [-0.3, -0.25) is 4.57 Å². The van der Waals surface area contributed by atoms with Gasteiger partial charge in [-0.15, -0.1) is 0 Å². The van der Waals surface area contributed by atoms with Gasteiger partial charge in [-0.2, -0.15) is 0 Å². The highest BCUT2D eigenvalue weighted by molar-refractivity contribution is 7.99. The average Bonchev–Trinajstić information content (AvgIpc) is 3.42. The van der Waals surface area contributed by atoms with Crippen LogP contribution in [0.15, 0.2) is 113 Å². The second-order valence-corrected chi connectivity index (χ2v) is 12.1. The van der Waals surface area contributed by atoms with Crippen LogP contribution in [0.25, 0.3) is 61.0 Å². The summed E-state index contributed by atoms with van der Waals surface area (Å²) >= 11 is 1.80. The standard InChI is InChI=1S/C35H23N3S/c1-35(2)23-13-6-3-10-20(23)30-24(35)18-19-27-31(30)21-11-4-7-15-26(21)38(27)34-36-25-14-9-17-29-32(25)33(37-34)22-12-5-8-16-28(22)39-29/h3-19H,1-2H3. The molecule has 2 aromatic heterocycles. The fraction of sp³-hybridized carbons (Fsp3) is 0.0857. The van der Waals surface area contributed by atoms with Gasteiger partial charge >= 0.3 is 0 Å². The lowest BCUT2D eigenvalue weighted by atomic mass is 9.82. The van der Waals surface area contributed by atoms with Crippen LogP contribution in [0.2, 0.25) is 0 Å². The van der Waals surface area contributed by atoms with Crippen LogP contribution in [0.5, 0.6) is 0 Å². The molecule has 0 fully saturated rings. The Labute approximate surface area is 230 Å². The second kappa shape index (κ2) is 7.37. The highest BCUT2D eigenvalue weighted by Crippen LogP contribution is 2.53. The molecular formula is C35H23N3S. The summed E-state index contributed by atoms with van der Waals surface area (Å²) in [6.45, 7) is 4.68. The van der Waals surface area contributed by atoms with E-state index in [2.05, 4.69) is 122 Å². The van der Waals surface area contributed by atoms with Gasteiger partial charge in [0.25, 0.3) is 0 Å². The number of nitrogens with zero attached hydrogens (tertiary/aromatic N) is 3. The van der Waals surface area contributed by atoms with Gasteiger partial charge in [0.15, 0.2) is 0 Å². The Hall–Kier alpha value is -4.41. The van der Waals surface area contributed by atoms with Gasteiger partial charge in [-0.05, 0) is 52.6 Å². The van der Waals surface area contributed by atoms with E-state index in [9.17, 15) is 0 Å². The summed E-state index contributed by atoms with van der Waals surface area (Å²) < 4.78 is 2.27. The van der Waals surface area contributed by atoms with Gasteiger partial charge < -0.3 is 0 Å². The number of aromatic nitrogens is 3. The highest BCUT2D eigenvalue weighted by atomic mass is 32.2. The molecule has 0 saturated heterocycles. The van der Waals surface area contributed by atoms with Gasteiger partial charge in [0.2, 0.25) is 5.95 Å². The van der Waals surface area contributed by atoms with Crippen LogP contribution >= 0.6 is 11.8 Å². The third-order valence-corrected chi connectivity index (χ3v) is 9.75. The minimum absolute atomic E-state index is 0.0509. The Morgan fingerprint density at radius 3 is 2.31 bits per heavy atom. The van der Waals surface area contributed by atoms with Crippen LogP contribution in [0.1, 0.15) is 25.0 Å². The lowest BCUT2D eigenvalue weighted by Gasteiger charge is -2.21. The van der Waals surface area contributed by atoms with Crippen molar-refractivity contribution in [1.82, 2.24) is 14.5 Å². The predicted octanol–water partition coefficient (Wildman–Crippen LogP) is 9.16. The maximum Gasteiger partial charge on any atom is 0.235 e. The third kappa shape index (κ3) is 2.69. The molecule has 0 bridgehead atoms. The number of fused-ring (bicyclic) bond motifs is 9. The topological polar surface area (TPSA) is 30.7 Å². The van der Waals surface area contributed by atoms with Crippen molar-refractivity contribution >= 4 is 44.5 Å². The molecule has 3 heterocycles. The summed E-state index contributed by atoms with van der Waals surface area (Å²) in [5.41, 5.74) is 10.8. The fourth-order valence-electron chi connectivity index (χ4n) is 6.86. The van der Waals surface area contributed by atoms with Crippen molar-refractivity contribution in [3.63, 3.8) is 0 Å². The van der Waals surface area contributed by atoms with Crippen molar-refractivity contribution in [1.29, 1.82) is 0 Å². The minimum Gasteiger partial charge on any atom is -0.278 e. The van der Waals surface area contributed by atoms with Crippen LogP contribution in [-0.2, 0) is 5.41 Å². The van der Waals surface area contributed by atoms with E-state index in [1.165, 1.54) is 48.4 Å². The smallest absolute Gasteiger partial charge is 0.235 e. The fourth-order valence-corrected chi connectivity index (χ4v) is 7.96. The molecule has 0 radical (unpaired) electrons. The number of para-hydroxylation sites is 1. The number of rotatable bonds is 1. The molecule has 39 heavy (non-hydrogen) atoms. The van der Waals surface area contributed by atoms with E-state index >= 15 is 0 Å². The SMILES string of the molecule is CC1(C)c2ccccc2-c2c1ccc1c2c2ccccc2n1-c1nc2c3c(cccc3n1)Sc1ccccc1-2.